The quantitative estimate of drug-likeness (QED) is 0.748. The van der Waals surface area contributed by atoms with Gasteiger partial charge >= 0.3 is 0 Å². The number of carbonyl (C=O) groups is 2. The predicted molar refractivity (Wildman–Crippen MR) is 98.0 cm³/mol. The van der Waals surface area contributed by atoms with Crippen LogP contribution in [-0.4, -0.2) is 30.4 Å². The van der Waals surface area contributed by atoms with Gasteiger partial charge in [-0.25, -0.2) is 0 Å². The summed E-state index contributed by atoms with van der Waals surface area (Å²) in [5, 5.41) is 5.88. The molecular formula is C19H31N3O2. The molecule has 5 nitrogen and oxygen atoms in total. The van der Waals surface area contributed by atoms with Gasteiger partial charge in [0.15, 0.2) is 0 Å². The molecule has 1 atom stereocenters. The number of benzene rings is 1. The summed E-state index contributed by atoms with van der Waals surface area (Å²) in [5.74, 6) is -0.0990. The van der Waals surface area contributed by atoms with Crippen molar-refractivity contribution < 1.29 is 9.59 Å². The van der Waals surface area contributed by atoms with Crippen molar-refractivity contribution in [2.45, 2.75) is 47.1 Å². The highest BCUT2D eigenvalue weighted by molar-refractivity contribution is 5.98. The van der Waals surface area contributed by atoms with Crippen molar-refractivity contribution >= 4 is 11.8 Å². The first-order chi connectivity index (χ1) is 11.0. The molecule has 0 aliphatic rings. The number of amides is 2. The Labute approximate surface area is 145 Å². The zero-order valence-corrected chi connectivity index (χ0v) is 15.7. The molecule has 0 heterocycles. The molecule has 0 aliphatic heterocycles. The highest BCUT2D eigenvalue weighted by Crippen LogP contribution is 2.16. The molecule has 0 aliphatic carbocycles. The summed E-state index contributed by atoms with van der Waals surface area (Å²) in [6, 6.07) is 6.67. The molecule has 0 spiro atoms. The van der Waals surface area contributed by atoms with Gasteiger partial charge in [-0.1, -0.05) is 34.6 Å². The lowest BCUT2D eigenvalue weighted by Gasteiger charge is -2.33. The molecule has 0 fully saturated rings. The van der Waals surface area contributed by atoms with E-state index < -0.39 is 5.54 Å². The zero-order valence-electron chi connectivity index (χ0n) is 15.7. The van der Waals surface area contributed by atoms with Crippen LogP contribution in [0.3, 0.4) is 0 Å². The number of nitrogens with two attached hydrogens (primary N) is 1. The molecule has 24 heavy (non-hydrogen) atoms. The van der Waals surface area contributed by atoms with E-state index in [9.17, 15) is 9.59 Å². The van der Waals surface area contributed by atoms with Crippen LogP contribution in [0.1, 0.15) is 62.3 Å². The summed E-state index contributed by atoms with van der Waals surface area (Å²) in [7, 11) is 0. The first kappa shape index (κ1) is 20.2. The Kier molecular flexibility index (Phi) is 6.55. The van der Waals surface area contributed by atoms with Crippen molar-refractivity contribution in [3.05, 3.63) is 35.4 Å². The second kappa shape index (κ2) is 7.79. The molecule has 1 aromatic rings. The maximum absolute atomic E-state index is 12.4. The second-order valence-electron chi connectivity index (χ2n) is 8.05. The monoisotopic (exact) mass is 333 g/mol. The molecule has 1 rings (SSSR count). The molecule has 0 bridgehead atoms. The van der Waals surface area contributed by atoms with E-state index in [4.69, 9.17) is 5.73 Å². The molecule has 0 saturated carbocycles. The first-order valence-electron chi connectivity index (χ1n) is 8.39. The number of nitrogens with one attached hydrogen (secondary N) is 2. The Morgan fingerprint density at radius 2 is 1.46 bits per heavy atom. The lowest BCUT2D eigenvalue weighted by molar-refractivity contribution is 0.0881. The van der Waals surface area contributed by atoms with Crippen LogP contribution in [0.5, 0.6) is 0 Å². The van der Waals surface area contributed by atoms with Crippen LogP contribution in [0.25, 0.3) is 0 Å². The normalized spacial score (nSPS) is 14.2. The van der Waals surface area contributed by atoms with E-state index in [0.29, 0.717) is 24.2 Å². The number of rotatable bonds is 6. The van der Waals surface area contributed by atoms with Gasteiger partial charge in [0.2, 0.25) is 0 Å². The summed E-state index contributed by atoms with van der Waals surface area (Å²) in [6.07, 6.45) is 0. The standard InChI is InChI=1S/C19H31N3O2/c1-13(2)19(6,11-20)22-17(24)15-9-7-14(8-10-15)16(23)21-12-18(3,4)5/h7-10,13H,11-12,20H2,1-6H3,(H,21,23)(H,22,24). The Bertz CT molecular complexity index is 573. The number of hydrogen-bond acceptors (Lipinski definition) is 3. The Morgan fingerprint density at radius 3 is 1.83 bits per heavy atom. The van der Waals surface area contributed by atoms with Crippen LogP contribution in [0.4, 0.5) is 0 Å². The lowest BCUT2D eigenvalue weighted by Crippen LogP contribution is -2.55. The highest BCUT2D eigenvalue weighted by atomic mass is 16.2. The van der Waals surface area contributed by atoms with E-state index >= 15 is 0 Å². The summed E-state index contributed by atoms with van der Waals surface area (Å²) in [6.45, 7) is 13.1. The predicted octanol–water partition coefficient (Wildman–Crippen LogP) is 2.57. The van der Waals surface area contributed by atoms with Gasteiger partial charge in [0.1, 0.15) is 0 Å². The molecule has 5 heteroatoms. The van der Waals surface area contributed by atoms with Crippen molar-refractivity contribution in [1.29, 1.82) is 0 Å². The minimum Gasteiger partial charge on any atom is -0.352 e. The fourth-order valence-electron chi connectivity index (χ4n) is 1.98. The fraction of sp³-hybridized carbons (Fsp3) is 0.579. The van der Waals surface area contributed by atoms with Crippen LogP contribution in [0, 0.1) is 11.3 Å². The third-order valence-corrected chi connectivity index (χ3v) is 4.29. The topological polar surface area (TPSA) is 84.2 Å². The molecule has 2 amide bonds. The lowest BCUT2D eigenvalue weighted by atomic mass is 9.88. The molecule has 134 valence electrons. The number of carbonyl (C=O) groups excluding carboxylic acids is 2. The van der Waals surface area contributed by atoms with Gasteiger partial charge in [-0.3, -0.25) is 9.59 Å². The molecule has 0 aromatic heterocycles. The Hall–Kier alpha value is -1.88. The van der Waals surface area contributed by atoms with Gasteiger partial charge in [0.25, 0.3) is 11.8 Å². The van der Waals surface area contributed by atoms with Crippen molar-refractivity contribution in [2.24, 2.45) is 17.1 Å². The van der Waals surface area contributed by atoms with E-state index in [1.165, 1.54) is 0 Å². The third-order valence-electron chi connectivity index (χ3n) is 4.29. The summed E-state index contributed by atoms with van der Waals surface area (Å²) < 4.78 is 0. The molecular weight excluding hydrogens is 302 g/mol. The second-order valence-corrected chi connectivity index (χ2v) is 8.05. The summed E-state index contributed by atoms with van der Waals surface area (Å²) >= 11 is 0. The minimum atomic E-state index is -0.458. The Balaban J connectivity index is 2.77. The molecule has 0 saturated heterocycles. The van der Waals surface area contributed by atoms with Crippen LogP contribution in [0.2, 0.25) is 0 Å². The van der Waals surface area contributed by atoms with Gasteiger partial charge in [-0.15, -0.1) is 0 Å². The molecule has 0 radical (unpaired) electrons. The van der Waals surface area contributed by atoms with Crippen molar-refractivity contribution in [2.75, 3.05) is 13.1 Å². The van der Waals surface area contributed by atoms with Crippen molar-refractivity contribution in [1.82, 2.24) is 10.6 Å². The van der Waals surface area contributed by atoms with Gasteiger partial charge < -0.3 is 16.4 Å². The van der Waals surface area contributed by atoms with Crippen LogP contribution in [-0.2, 0) is 0 Å². The summed E-state index contributed by atoms with van der Waals surface area (Å²) in [5.41, 5.74) is 6.43. The number of hydrogen-bond donors (Lipinski definition) is 3. The van der Waals surface area contributed by atoms with Gasteiger partial charge in [-0.2, -0.15) is 0 Å². The molecule has 1 aromatic carbocycles. The smallest absolute Gasteiger partial charge is 0.251 e. The van der Waals surface area contributed by atoms with Crippen LogP contribution >= 0.6 is 0 Å². The maximum atomic E-state index is 12.4. The van der Waals surface area contributed by atoms with Crippen LogP contribution in [0.15, 0.2) is 24.3 Å². The molecule has 1 unspecified atom stereocenters. The van der Waals surface area contributed by atoms with Gasteiger partial charge in [0, 0.05) is 24.2 Å². The van der Waals surface area contributed by atoms with Crippen molar-refractivity contribution in [3.63, 3.8) is 0 Å². The minimum absolute atomic E-state index is 0.0268. The van der Waals surface area contributed by atoms with E-state index in [-0.39, 0.29) is 23.1 Å². The average molecular weight is 333 g/mol. The SMILES string of the molecule is CC(C)C(C)(CN)NC(=O)c1ccc(C(=O)NCC(C)(C)C)cc1. The van der Waals surface area contributed by atoms with Crippen LogP contribution < -0.4 is 16.4 Å². The molecule has 4 N–H and O–H groups in total. The summed E-state index contributed by atoms with van der Waals surface area (Å²) in [4.78, 5) is 24.5. The van der Waals surface area contributed by atoms with Gasteiger partial charge in [0.05, 0.1) is 5.54 Å². The Morgan fingerprint density at radius 1 is 1.00 bits per heavy atom. The van der Waals surface area contributed by atoms with E-state index in [2.05, 4.69) is 31.4 Å². The zero-order chi connectivity index (χ0) is 18.5. The first-order valence-corrected chi connectivity index (χ1v) is 8.39. The third kappa shape index (κ3) is 5.64. The maximum Gasteiger partial charge on any atom is 0.251 e. The fourth-order valence-corrected chi connectivity index (χ4v) is 1.98. The van der Waals surface area contributed by atoms with Crippen molar-refractivity contribution in [3.8, 4) is 0 Å². The van der Waals surface area contributed by atoms with E-state index in [0.717, 1.165) is 0 Å². The highest BCUT2D eigenvalue weighted by Gasteiger charge is 2.28. The van der Waals surface area contributed by atoms with E-state index in [1.807, 2.05) is 20.8 Å². The average Bonchev–Trinajstić information content (AvgIpc) is 2.51. The largest absolute Gasteiger partial charge is 0.352 e. The van der Waals surface area contributed by atoms with Gasteiger partial charge in [-0.05, 0) is 42.5 Å². The van der Waals surface area contributed by atoms with E-state index in [1.54, 1.807) is 24.3 Å².